The van der Waals surface area contributed by atoms with Gasteiger partial charge in [-0.25, -0.2) is 0 Å². The number of anilines is 1. The van der Waals surface area contributed by atoms with Gasteiger partial charge in [0.25, 0.3) is 0 Å². The molecule has 6 nitrogen and oxygen atoms in total. The summed E-state index contributed by atoms with van der Waals surface area (Å²) >= 11 is 1.50. The first kappa shape index (κ1) is 17.6. The molecule has 1 aromatic rings. The van der Waals surface area contributed by atoms with Crippen molar-refractivity contribution in [3.8, 4) is 0 Å². The van der Waals surface area contributed by atoms with Gasteiger partial charge >= 0.3 is 0 Å². The van der Waals surface area contributed by atoms with Crippen molar-refractivity contribution in [2.24, 2.45) is 0 Å². The lowest BCUT2D eigenvalue weighted by atomic mass is 10.1. The van der Waals surface area contributed by atoms with Crippen LogP contribution in [0.5, 0.6) is 0 Å². The van der Waals surface area contributed by atoms with Crippen molar-refractivity contribution < 1.29 is 23.7 Å². The van der Waals surface area contributed by atoms with Gasteiger partial charge in [-0.1, -0.05) is 18.2 Å². The lowest BCUT2D eigenvalue weighted by Crippen LogP contribution is -2.40. The lowest BCUT2D eigenvalue weighted by molar-refractivity contribution is -0.198. The Kier molecular flexibility index (Phi) is 4.50. The van der Waals surface area contributed by atoms with E-state index in [9.17, 15) is 0 Å². The SMILES string of the molecule is CC1(C)O[C@H]2[C@@H]([C@H]3COC(C)(C)O3)O[C@@H](SNc3ccccc3)[C@H]2O1. The fourth-order valence-electron chi connectivity index (χ4n) is 3.50. The zero-order chi connectivity index (χ0) is 17.7. The molecule has 3 fully saturated rings. The molecule has 7 heteroatoms. The Morgan fingerprint density at radius 3 is 2.32 bits per heavy atom. The van der Waals surface area contributed by atoms with Gasteiger partial charge in [-0.2, -0.15) is 0 Å². The fourth-order valence-corrected chi connectivity index (χ4v) is 4.41. The van der Waals surface area contributed by atoms with Gasteiger partial charge in [0.2, 0.25) is 0 Å². The molecule has 0 spiro atoms. The first-order chi connectivity index (χ1) is 11.8. The summed E-state index contributed by atoms with van der Waals surface area (Å²) in [7, 11) is 0. The molecule has 25 heavy (non-hydrogen) atoms. The quantitative estimate of drug-likeness (QED) is 0.821. The molecular formula is C18H25NO5S. The molecule has 3 heterocycles. The standard InChI is InChI=1S/C18H25NO5S/c1-17(2)20-10-12(22-17)13-14-15(24-18(3,4)23-14)16(21-13)25-19-11-8-6-5-7-9-11/h5-9,12-16,19H,10H2,1-4H3/t12-,13-,14+,15+,16+/m1/s1. The average molecular weight is 367 g/mol. The van der Waals surface area contributed by atoms with E-state index in [2.05, 4.69) is 4.72 Å². The van der Waals surface area contributed by atoms with Crippen molar-refractivity contribution in [3.05, 3.63) is 30.3 Å². The molecular weight excluding hydrogens is 342 g/mol. The Hall–Kier alpha value is -0.830. The maximum Gasteiger partial charge on any atom is 0.164 e. The van der Waals surface area contributed by atoms with Crippen molar-refractivity contribution in [2.45, 2.75) is 69.1 Å². The molecule has 0 bridgehead atoms. The van der Waals surface area contributed by atoms with Gasteiger partial charge in [-0.3, -0.25) is 0 Å². The van der Waals surface area contributed by atoms with Gasteiger partial charge in [-0.15, -0.1) is 0 Å². The zero-order valence-electron chi connectivity index (χ0n) is 14.9. The Morgan fingerprint density at radius 1 is 0.920 bits per heavy atom. The Bertz CT molecular complexity index is 611. The molecule has 4 rings (SSSR count). The molecule has 1 N–H and O–H groups in total. The number of nitrogens with one attached hydrogen (secondary N) is 1. The normalized spacial score (nSPS) is 38.6. The van der Waals surface area contributed by atoms with Crippen LogP contribution in [0.25, 0.3) is 0 Å². The molecule has 3 aliphatic heterocycles. The first-order valence-electron chi connectivity index (χ1n) is 8.63. The van der Waals surface area contributed by atoms with Crippen LogP contribution in [0.2, 0.25) is 0 Å². The molecule has 3 saturated heterocycles. The van der Waals surface area contributed by atoms with E-state index in [4.69, 9.17) is 23.7 Å². The summed E-state index contributed by atoms with van der Waals surface area (Å²) in [6, 6.07) is 10.0. The van der Waals surface area contributed by atoms with Crippen LogP contribution in [-0.4, -0.2) is 48.0 Å². The van der Waals surface area contributed by atoms with Crippen LogP contribution in [0.15, 0.2) is 30.3 Å². The molecule has 0 amide bonds. The van der Waals surface area contributed by atoms with Crippen molar-refractivity contribution >= 4 is 17.6 Å². The molecule has 138 valence electrons. The molecule has 0 aromatic heterocycles. The van der Waals surface area contributed by atoms with Crippen LogP contribution in [-0.2, 0) is 23.7 Å². The summed E-state index contributed by atoms with van der Waals surface area (Å²) in [5, 5.41) is 0. The highest BCUT2D eigenvalue weighted by molar-refractivity contribution is 8.01. The number of fused-ring (bicyclic) bond motifs is 1. The second kappa shape index (κ2) is 6.40. The molecule has 1 aromatic carbocycles. The van der Waals surface area contributed by atoms with Crippen LogP contribution in [0.3, 0.4) is 0 Å². The summed E-state index contributed by atoms with van der Waals surface area (Å²) in [6.45, 7) is 8.20. The monoisotopic (exact) mass is 367 g/mol. The van der Waals surface area contributed by atoms with E-state index in [1.54, 1.807) is 0 Å². The van der Waals surface area contributed by atoms with Crippen LogP contribution >= 0.6 is 11.9 Å². The van der Waals surface area contributed by atoms with Crippen LogP contribution in [0.1, 0.15) is 27.7 Å². The van der Waals surface area contributed by atoms with Crippen molar-refractivity contribution in [1.29, 1.82) is 0 Å². The predicted molar refractivity (Wildman–Crippen MR) is 95.0 cm³/mol. The van der Waals surface area contributed by atoms with Gasteiger partial charge in [0.1, 0.15) is 24.4 Å². The molecule has 0 unspecified atom stereocenters. The highest BCUT2D eigenvalue weighted by Crippen LogP contribution is 2.45. The predicted octanol–water partition coefficient (Wildman–Crippen LogP) is 3.14. The molecule has 0 saturated carbocycles. The highest BCUT2D eigenvalue weighted by atomic mass is 32.2. The summed E-state index contributed by atoms with van der Waals surface area (Å²) < 4.78 is 33.6. The molecule has 0 aliphatic carbocycles. The van der Waals surface area contributed by atoms with Crippen molar-refractivity contribution in [1.82, 2.24) is 0 Å². The fraction of sp³-hybridized carbons (Fsp3) is 0.667. The van der Waals surface area contributed by atoms with E-state index < -0.39 is 11.6 Å². The smallest absolute Gasteiger partial charge is 0.164 e. The van der Waals surface area contributed by atoms with E-state index in [1.165, 1.54) is 11.9 Å². The minimum Gasteiger partial charge on any atom is -0.354 e. The Balaban J connectivity index is 1.47. The topological polar surface area (TPSA) is 58.2 Å². The Morgan fingerprint density at radius 2 is 1.64 bits per heavy atom. The van der Waals surface area contributed by atoms with Crippen molar-refractivity contribution in [3.63, 3.8) is 0 Å². The third-order valence-electron chi connectivity index (χ3n) is 4.51. The van der Waals surface area contributed by atoms with E-state index in [0.29, 0.717) is 6.61 Å². The van der Waals surface area contributed by atoms with Crippen molar-refractivity contribution in [2.75, 3.05) is 11.3 Å². The summed E-state index contributed by atoms with van der Waals surface area (Å²) in [6.07, 6.45) is -0.716. The first-order valence-corrected chi connectivity index (χ1v) is 9.51. The van der Waals surface area contributed by atoms with Gasteiger partial charge in [0, 0.05) is 5.69 Å². The van der Waals surface area contributed by atoms with Gasteiger partial charge in [0.15, 0.2) is 17.0 Å². The molecule has 0 radical (unpaired) electrons. The maximum atomic E-state index is 6.27. The third-order valence-corrected chi connectivity index (χ3v) is 5.48. The highest BCUT2D eigenvalue weighted by Gasteiger charge is 2.59. The average Bonchev–Trinajstić information content (AvgIpc) is 3.17. The van der Waals surface area contributed by atoms with E-state index >= 15 is 0 Å². The number of rotatable bonds is 4. The second-order valence-corrected chi connectivity index (χ2v) is 8.39. The van der Waals surface area contributed by atoms with E-state index in [-0.39, 0.29) is 29.9 Å². The summed E-state index contributed by atoms with van der Waals surface area (Å²) in [5.41, 5.74) is 0.833. The maximum absolute atomic E-state index is 6.27. The third kappa shape index (κ3) is 3.67. The number of ether oxygens (including phenoxy) is 5. The molecule has 3 aliphatic rings. The van der Waals surface area contributed by atoms with Crippen LogP contribution in [0, 0.1) is 0 Å². The second-order valence-electron chi connectivity index (χ2n) is 7.49. The number of hydrogen-bond acceptors (Lipinski definition) is 7. The minimum atomic E-state index is -0.627. The van der Waals surface area contributed by atoms with Crippen LogP contribution < -0.4 is 4.72 Å². The van der Waals surface area contributed by atoms with E-state index in [1.807, 2.05) is 58.0 Å². The Labute approximate surface area is 152 Å². The van der Waals surface area contributed by atoms with E-state index in [0.717, 1.165) is 5.69 Å². The minimum absolute atomic E-state index is 0.159. The van der Waals surface area contributed by atoms with Gasteiger partial charge in [0.05, 0.1) is 6.61 Å². The van der Waals surface area contributed by atoms with Crippen LogP contribution in [0.4, 0.5) is 5.69 Å². The summed E-state index contributed by atoms with van der Waals surface area (Å²) in [4.78, 5) is 0. The van der Waals surface area contributed by atoms with Gasteiger partial charge < -0.3 is 28.4 Å². The number of hydrogen-bond donors (Lipinski definition) is 1. The zero-order valence-corrected chi connectivity index (χ0v) is 15.7. The number of benzene rings is 1. The lowest BCUT2D eigenvalue weighted by Gasteiger charge is -2.26. The summed E-state index contributed by atoms with van der Waals surface area (Å²) in [5.74, 6) is -1.22. The largest absolute Gasteiger partial charge is 0.354 e. The molecule has 5 atom stereocenters. The number of para-hydroxylation sites is 1. The van der Waals surface area contributed by atoms with Gasteiger partial charge in [-0.05, 0) is 51.8 Å².